The Labute approximate surface area is 184 Å². The smallest absolute Gasteiger partial charge is 0.410 e. The van der Waals surface area contributed by atoms with Crippen LogP contribution in [0.15, 0.2) is 59.6 Å². The van der Waals surface area contributed by atoms with Gasteiger partial charge >= 0.3 is 6.09 Å². The Bertz CT molecular complexity index is 1240. The topological polar surface area (TPSA) is 100 Å². The molecule has 1 fully saturated rings. The van der Waals surface area contributed by atoms with Gasteiger partial charge in [0.05, 0.1) is 11.1 Å². The van der Waals surface area contributed by atoms with Crippen molar-refractivity contribution in [2.45, 2.75) is 17.9 Å². The summed E-state index contributed by atoms with van der Waals surface area (Å²) in [5, 5.41) is 9.74. The van der Waals surface area contributed by atoms with Crippen molar-refractivity contribution in [3.8, 4) is 5.88 Å². The first kappa shape index (κ1) is 22.0. The van der Waals surface area contributed by atoms with Gasteiger partial charge in [0.25, 0.3) is 0 Å². The highest BCUT2D eigenvalue weighted by Crippen LogP contribution is 2.32. The highest BCUT2D eigenvalue weighted by molar-refractivity contribution is 7.89. The zero-order valence-electron chi connectivity index (χ0n) is 17.1. The lowest BCUT2D eigenvalue weighted by atomic mass is 10.1. The number of pyridine rings is 1. The van der Waals surface area contributed by atoms with Crippen molar-refractivity contribution in [3.05, 3.63) is 66.1 Å². The molecule has 0 aliphatic carbocycles. The molecule has 0 radical (unpaired) electrons. The normalized spacial score (nSPS) is 15.5. The van der Waals surface area contributed by atoms with E-state index in [2.05, 4.69) is 4.98 Å². The van der Waals surface area contributed by atoms with Crippen molar-refractivity contribution < 1.29 is 27.4 Å². The van der Waals surface area contributed by atoms with E-state index in [9.17, 15) is 22.7 Å². The number of rotatable bonds is 4. The van der Waals surface area contributed by atoms with E-state index in [1.54, 1.807) is 0 Å². The molecule has 1 aliphatic heterocycles. The third kappa shape index (κ3) is 4.37. The first-order chi connectivity index (χ1) is 15.4. The van der Waals surface area contributed by atoms with E-state index in [1.807, 2.05) is 30.3 Å². The lowest BCUT2D eigenvalue weighted by molar-refractivity contribution is 0.0980. The molecule has 0 bridgehead atoms. The molecule has 1 N–H and O–H groups in total. The van der Waals surface area contributed by atoms with Gasteiger partial charge < -0.3 is 14.7 Å². The Kier molecular flexibility index (Phi) is 6.24. The molecular formula is C22H22FN3O5S. The molecule has 0 spiro atoms. The van der Waals surface area contributed by atoms with Crippen molar-refractivity contribution in [3.63, 3.8) is 0 Å². The average molecular weight is 459 g/mol. The molecule has 8 nitrogen and oxygen atoms in total. The Morgan fingerprint density at radius 2 is 1.84 bits per heavy atom. The second-order valence-corrected chi connectivity index (χ2v) is 9.30. The minimum absolute atomic E-state index is 0.0204. The van der Waals surface area contributed by atoms with Gasteiger partial charge in [0.15, 0.2) is 5.82 Å². The zero-order chi connectivity index (χ0) is 22.7. The number of carbonyl (C=O) groups excluding carboxylic acids is 1. The lowest BCUT2D eigenvalue weighted by Gasteiger charge is -2.22. The largest absolute Gasteiger partial charge is 0.493 e. The second kappa shape index (κ2) is 9.09. The summed E-state index contributed by atoms with van der Waals surface area (Å²) in [5.41, 5.74) is 0.857. The molecule has 0 saturated carbocycles. The maximum Gasteiger partial charge on any atom is 0.410 e. The number of carbonyl (C=O) groups is 1. The number of nitrogens with zero attached hydrogens (tertiary/aromatic N) is 3. The van der Waals surface area contributed by atoms with E-state index < -0.39 is 27.8 Å². The van der Waals surface area contributed by atoms with Crippen LogP contribution in [-0.2, 0) is 21.4 Å². The van der Waals surface area contributed by atoms with E-state index in [-0.39, 0.29) is 41.9 Å². The van der Waals surface area contributed by atoms with Crippen LogP contribution in [0.1, 0.15) is 12.0 Å². The fourth-order valence-corrected chi connectivity index (χ4v) is 5.38. The summed E-state index contributed by atoms with van der Waals surface area (Å²) in [6.07, 6.45) is 0.684. The van der Waals surface area contributed by atoms with Gasteiger partial charge in [0.2, 0.25) is 15.9 Å². The number of hydrogen-bond donors (Lipinski definition) is 1. The predicted molar refractivity (Wildman–Crippen MR) is 115 cm³/mol. The number of halogens is 1. The molecule has 10 heteroatoms. The van der Waals surface area contributed by atoms with Crippen LogP contribution in [0.25, 0.3) is 10.8 Å². The quantitative estimate of drug-likeness (QED) is 0.644. The molecule has 1 aliphatic rings. The summed E-state index contributed by atoms with van der Waals surface area (Å²) in [5.74, 6) is -1.28. The van der Waals surface area contributed by atoms with Gasteiger partial charge in [-0.15, -0.1) is 0 Å². The maximum absolute atomic E-state index is 14.5. The van der Waals surface area contributed by atoms with Crippen LogP contribution in [0, 0.1) is 5.82 Å². The molecule has 1 aromatic heterocycles. The Morgan fingerprint density at radius 3 is 2.62 bits per heavy atom. The summed E-state index contributed by atoms with van der Waals surface area (Å²) < 4.78 is 47.7. The third-order valence-corrected chi connectivity index (χ3v) is 7.28. The summed E-state index contributed by atoms with van der Waals surface area (Å²) in [6.45, 7) is 0.823. The van der Waals surface area contributed by atoms with Crippen molar-refractivity contribution >= 4 is 26.9 Å². The molecule has 1 amide bonds. The van der Waals surface area contributed by atoms with Gasteiger partial charge in [-0.25, -0.2) is 22.6 Å². The van der Waals surface area contributed by atoms with Crippen LogP contribution in [-0.4, -0.2) is 60.0 Å². The van der Waals surface area contributed by atoms with Crippen LogP contribution in [0.3, 0.4) is 0 Å². The van der Waals surface area contributed by atoms with Gasteiger partial charge in [-0.2, -0.15) is 4.31 Å². The van der Waals surface area contributed by atoms with Crippen LogP contribution in [0.2, 0.25) is 0 Å². The molecule has 2 heterocycles. The maximum atomic E-state index is 14.5. The number of benzene rings is 2. The molecule has 2 aromatic carbocycles. The third-order valence-electron chi connectivity index (χ3n) is 5.34. The van der Waals surface area contributed by atoms with Gasteiger partial charge in [-0.1, -0.05) is 36.4 Å². The number of sulfonamides is 1. The highest BCUT2D eigenvalue weighted by Gasteiger charge is 2.31. The number of aromatic hydroxyl groups is 1. The fraction of sp³-hybridized carbons (Fsp3) is 0.273. The number of amides is 1. The molecule has 4 rings (SSSR count). The minimum Gasteiger partial charge on any atom is -0.493 e. The fourth-order valence-electron chi connectivity index (χ4n) is 3.70. The number of aromatic nitrogens is 1. The van der Waals surface area contributed by atoms with Gasteiger partial charge in [0, 0.05) is 37.0 Å². The molecular weight excluding hydrogens is 437 g/mol. The van der Waals surface area contributed by atoms with Crippen molar-refractivity contribution in [2.75, 3.05) is 26.2 Å². The standard InChI is InChI=1S/C22H22FN3O5S/c23-18-14-24-21(27)17-8-4-9-19(20(17)18)32(29,30)26-11-5-10-25(12-13-26)22(28)31-15-16-6-2-1-3-7-16/h1-4,6-9,14H,5,10-13,15H2,(H,24,27). The van der Waals surface area contributed by atoms with E-state index in [1.165, 1.54) is 27.4 Å². The molecule has 0 unspecified atom stereocenters. The first-order valence-electron chi connectivity index (χ1n) is 10.1. The van der Waals surface area contributed by atoms with Crippen LogP contribution in [0.4, 0.5) is 9.18 Å². The second-order valence-electron chi connectivity index (χ2n) is 7.39. The van der Waals surface area contributed by atoms with Crippen LogP contribution < -0.4 is 0 Å². The number of fused-ring (bicyclic) bond motifs is 1. The van der Waals surface area contributed by atoms with E-state index >= 15 is 0 Å². The van der Waals surface area contributed by atoms with Gasteiger partial charge in [-0.3, -0.25) is 0 Å². The first-order valence-corrected chi connectivity index (χ1v) is 11.5. The minimum atomic E-state index is -4.08. The zero-order valence-corrected chi connectivity index (χ0v) is 18.0. The van der Waals surface area contributed by atoms with Crippen LogP contribution >= 0.6 is 0 Å². The monoisotopic (exact) mass is 459 g/mol. The SMILES string of the molecule is O=C(OCc1ccccc1)N1CCCN(S(=O)(=O)c2cccc3c(O)ncc(F)c23)CC1. The van der Waals surface area contributed by atoms with Gasteiger partial charge in [0.1, 0.15) is 6.61 Å². The average Bonchev–Trinajstić information content (AvgIpc) is 3.07. The Hall–Kier alpha value is -3.24. The summed E-state index contributed by atoms with van der Waals surface area (Å²) in [7, 11) is -4.08. The molecule has 0 atom stereocenters. The number of hydrogen-bond acceptors (Lipinski definition) is 6. The van der Waals surface area contributed by atoms with Crippen LogP contribution in [0.5, 0.6) is 5.88 Å². The van der Waals surface area contributed by atoms with Crippen molar-refractivity contribution in [1.82, 2.24) is 14.2 Å². The Balaban J connectivity index is 1.50. The van der Waals surface area contributed by atoms with Gasteiger partial charge in [-0.05, 0) is 24.1 Å². The molecule has 3 aromatic rings. The van der Waals surface area contributed by atoms with E-state index in [0.717, 1.165) is 11.8 Å². The Morgan fingerprint density at radius 1 is 1.06 bits per heavy atom. The molecule has 168 valence electrons. The summed E-state index contributed by atoms with van der Waals surface area (Å²) >= 11 is 0. The lowest BCUT2D eigenvalue weighted by Crippen LogP contribution is -2.37. The summed E-state index contributed by atoms with van der Waals surface area (Å²) in [6, 6.07) is 13.4. The van der Waals surface area contributed by atoms with Crippen molar-refractivity contribution in [1.29, 1.82) is 0 Å². The number of ether oxygens (including phenoxy) is 1. The predicted octanol–water partition coefficient (Wildman–Crippen LogP) is 3.11. The highest BCUT2D eigenvalue weighted by atomic mass is 32.2. The summed E-state index contributed by atoms with van der Waals surface area (Å²) in [4.78, 5) is 17.2. The van der Waals surface area contributed by atoms with Crippen molar-refractivity contribution in [2.24, 2.45) is 0 Å². The molecule has 32 heavy (non-hydrogen) atoms. The van der Waals surface area contributed by atoms with E-state index in [4.69, 9.17) is 4.74 Å². The molecule has 1 saturated heterocycles. The van der Waals surface area contributed by atoms with E-state index in [0.29, 0.717) is 13.0 Å².